The van der Waals surface area contributed by atoms with Crippen LogP contribution in [0.1, 0.15) is 5.89 Å². The predicted octanol–water partition coefficient (Wildman–Crippen LogP) is 1.99. The molecule has 6 nitrogen and oxygen atoms in total. The van der Waals surface area contributed by atoms with Crippen LogP contribution in [-0.4, -0.2) is 21.7 Å². The van der Waals surface area contributed by atoms with Crippen molar-refractivity contribution in [2.24, 2.45) is 0 Å². The Bertz CT molecular complexity index is 729. The van der Waals surface area contributed by atoms with E-state index in [1.54, 1.807) is 18.3 Å². The lowest BCUT2D eigenvalue weighted by molar-refractivity contribution is 0.379. The first kappa shape index (κ1) is 12.3. The Balaban J connectivity index is 1.87. The van der Waals surface area contributed by atoms with Crippen LogP contribution in [0.4, 0.5) is 15.8 Å². The molecule has 0 radical (unpaired) electrons. The van der Waals surface area contributed by atoms with Crippen LogP contribution < -0.4 is 11.1 Å². The molecule has 0 amide bonds. The maximum atomic E-state index is 14.0. The lowest BCUT2D eigenvalue weighted by atomic mass is 10.1. The number of nitrogens with zero attached hydrogens (tertiary/aromatic N) is 3. The highest BCUT2D eigenvalue weighted by Crippen LogP contribution is 2.29. The third-order valence-electron chi connectivity index (χ3n) is 2.92. The molecule has 0 bridgehead atoms. The number of hydrogen-bond donors (Lipinski definition) is 2. The Labute approximate surface area is 113 Å². The summed E-state index contributed by atoms with van der Waals surface area (Å²) in [5, 5.41) is 7.23. The largest absolute Gasteiger partial charge is 0.398 e. The number of halogens is 1. The summed E-state index contributed by atoms with van der Waals surface area (Å²) >= 11 is 0. The molecule has 0 fully saturated rings. The van der Waals surface area contributed by atoms with Gasteiger partial charge in [0.2, 0.25) is 5.89 Å². The minimum atomic E-state index is -0.431. The fourth-order valence-corrected chi connectivity index (χ4v) is 2.01. The number of nitrogens with two attached hydrogens (primary N) is 1. The number of nitrogen functional groups attached to an aromatic ring is 1. The van der Waals surface area contributed by atoms with E-state index < -0.39 is 5.82 Å². The van der Waals surface area contributed by atoms with Crippen molar-refractivity contribution in [2.75, 3.05) is 17.6 Å². The van der Waals surface area contributed by atoms with Gasteiger partial charge < -0.3 is 15.6 Å². The number of rotatable bonds is 4. The van der Waals surface area contributed by atoms with E-state index in [4.69, 9.17) is 10.3 Å². The van der Waals surface area contributed by atoms with Crippen molar-refractivity contribution in [1.29, 1.82) is 0 Å². The zero-order chi connectivity index (χ0) is 13.9. The molecule has 0 aliphatic rings. The number of anilines is 2. The van der Waals surface area contributed by atoms with Crippen LogP contribution in [0.2, 0.25) is 0 Å². The molecule has 0 spiro atoms. The van der Waals surface area contributed by atoms with Crippen LogP contribution >= 0.6 is 0 Å². The van der Waals surface area contributed by atoms with E-state index in [1.807, 2.05) is 0 Å². The first-order chi connectivity index (χ1) is 9.75. The molecule has 2 aromatic heterocycles. The SMILES string of the molecule is Nc1cc(F)c(NCCc2ncno2)c2ncccc12. The number of fused-ring (bicyclic) bond motifs is 1. The summed E-state index contributed by atoms with van der Waals surface area (Å²) in [6, 6.07) is 4.86. The van der Waals surface area contributed by atoms with Gasteiger partial charge in [-0.1, -0.05) is 5.16 Å². The Kier molecular flexibility index (Phi) is 3.16. The highest BCUT2D eigenvalue weighted by atomic mass is 19.1. The number of aromatic nitrogens is 3. The Morgan fingerprint density at radius 1 is 1.35 bits per heavy atom. The summed E-state index contributed by atoms with van der Waals surface area (Å²) in [5.74, 6) is 0.0600. The van der Waals surface area contributed by atoms with Crippen molar-refractivity contribution >= 4 is 22.3 Å². The second-order valence-electron chi connectivity index (χ2n) is 4.23. The Morgan fingerprint density at radius 3 is 3.05 bits per heavy atom. The Hall–Kier alpha value is -2.70. The summed E-state index contributed by atoms with van der Waals surface area (Å²) in [4.78, 5) is 8.08. The molecule has 0 saturated heterocycles. The number of hydrogen-bond acceptors (Lipinski definition) is 6. The normalized spacial score (nSPS) is 10.8. The molecule has 0 aliphatic carbocycles. The third-order valence-corrected chi connectivity index (χ3v) is 2.92. The van der Waals surface area contributed by atoms with Crippen LogP contribution in [0, 0.1) is 5.82 Å². The molecule has 3 rings (SSSR count). The van der Waals surface area contributed by atoms with Gasteiger partial charge in [-0.15, -0.1) is 0 Å². The van der Waals surface area contributed by atoms with E-state index in [9.17, 15) is 4.39 Å². The summed E-state index contributed by atoms with van der Waals surface area (Å²) in [6.07, 6.45) is 3.43. The van der Waals surface area contributed by atoms with Gasteiger partial charge >= 0.3 is 0 Å². The van der Waals surface area contributed by atoms with Gasteiger partial charge in [-0.05, 0) is 18.2 Å². The molecule has 20 heavy (non-hydrogen) atoms. The van der Waals surface area contributed by atoms with Crippen LogP contribution in [-0.2, 0) is 6.42 Å². The molecule has 102 valence electrons. The highest BCUT2D eigenvalue weighted by Gasteiger charge is 2.11. The average Bonchev–Trinajstić information content (AvgIpc) is 2.96. The van der Waals surface area contributed by atoms with Gasteiger partial charge in [-0.25, -0.2) is 4.39 Å². The summed E-state index contributed by atoms with van der Waals surface area (Å²) in [5.41, 5.74) is 7.00. The molecule has 0 saturated carbocycles. The van der Waals surface area contributed by atoms with Gasteiger partial charge in [0.15, 0.2) is 12.1 Å². The minimum absolute atomic E-state index is 0.328. The number of nitrogens with one attached hydrogen (secondary N) is 1. The van der Waals surface area contributed by atoms with E-state index in [2.05, 4.69) is 20.4 Å². The van der Waals surface area contributed by atoms with Crippen LogP contribution in [0.5, 0.6) is 0 Å². The number of pyridine rings is 1. The van der Waals surface area contributed by atoms with Crippen molar-refractivity contribution in [3.8, 4) is 0 Å². The van der Waals surface area contributed by atoms with Crippen molar-refractivity contribution in [2.45, 2.75) is 6.42 Å². The highest BCUT2D eigenvalue weighted by molar-refractivity contribution is 5.98. The van der Waals surface area contributed by atoms with E-state index in [1.165, 1.54) is 12.4 Å². The predicted molar refractivity (Wildman–Crippen MR) is 72.6 cm³/mol. The first-order valence-electron chi connectivity index (χ1n) is 6.08. The summed E-state index contributed by atoms with van der Waals surface area (Å²) in [7, 11) is 0. The van der Waals surface area contributed by atoms with Crippen molar-refractivity contribution in [1.82, 2.24) is 15.1 Å². The fourth-order valence-electron chi connectivity index (χ4n) is 2.01. The second kappa shape index (κ2) is 5.12. The molecule has 1 aromatic carbocycles. The van der Waals surface area contributed by atoms with Crippen molar-refractivity contribution in [3.05, 3.63) is 42.4 Å². The molecule has 0 aliphatic heterocycles. The lowest BCUT2D eigenvalue weighted by Gasteiger charge is -2.11. The van der Waals surface area contributed by atoms with Gasteiger partial charge in [0, 0.05) is 30.2 Å². The van der Waals surface area contributed by atoms with Gasteiger partial charge in [0.05, 0.1) is 11.2 Å². The van der Waals surface area contributed by atoms with Gasteiger partial charge in [-0.2, -0.15) is 4.98 Å². The smallest absolute Gasteiger partial charge is 0.228 e. The summed E-state index contributed by atoms with van der Waals surface area (Å²) < 4.78 is 18.9. The molecule has 2 heterocycles. The maximum absolute atomic E-state index is 14.0. The first-order valence-corrected chi connectivity index (χ1v) is 6.08. The van der Waals surface area contributed by atoms with Crippen molar-refractivity contribution < 1.29 is 8.91 Å². The number of benzene rings is 1. The van der Waals surface area contributed by atoms with Crippen LogP contribution in [0.25, 0.3) is 10.9 Å². The summed E-state index contributed by atoms with van der Waals surface area (Å²) in [6.45, 7) is 0.453. The van der Waals surface area contributed by atoms with Crippen LogP contribution in [0.3, 0.4) is 0 Å². The quantitative estimate of drug-likeness (QED) is 0.706. The van der Waals surface area contributed by atoms with Gasteiger partial charge in [-0.3, -0.25) is 4.98 Å². The topological polar surface area (TPSA) is 89.9 Å². The van der Waals surface area contributed by atoms with E-state index >= 15 is 0 Å². The second-order valence-corrected chi connectivity index (χ2v) is 4.23. The van der Waals surface area contributed by atoms with E-state index in [0.29, 0.717) is 41.1 Å². The minimum Gasteiger partial charge on any atom is -0.398 e. The molecule has 3 N–H and O–H groups in total. The van der Waals surface area contributed by atoms with Crippen LogP contribution in [0.15, 0.2) is 35.2 Å². The third kappa shape index (κ3) is 2.25. The molecule has 0 unspecified atom stereocenters. The van der Waals surface area contributed by atoms with Gasteiger partial charge in [0.1, 0.15) is 0 Å². The molecular weight excluding hydrogens is 261 g/mol. The van der Waals surface area contributed by atoms with E-state index in [-0.39, 0.29) is 0 Å². The Morgan fingerprint density at radius 2 is 2.25 bits per heavy atom. The lowest BCUT2D eigenvalue weighted by Crippen LogP contribution is -2.08. The standard InChI is InChI=1S/C13H12FN5O/c14-9-6-10(15)8-2-1-4-16-12(8)13(9)17-5-3-11-18-7-19-20-11/h1-2,4,6-7,17H,3,5,15H2. The molecule has 3 aromatic rings. The van der Waals surface area contributed by atoms with E-state index in [0.717, 1.165) is 0 Å². The molecule has 0 atom stereocenters. The monoisotopic (exact) mass is 273 g/mol. The molecular formula is C13H12FN5O. The molecule has 7 heteroatoms. The van der Waals surface area contributed by atoms with Crippen molar-refractivity contribution in [3.63, 3.8) is 0 Å². The fraction of sp³-hybridized carbons (Fsp3) is 0.154. The zero-order valence-electron chi connectivity index (χ0n) is 10.5. The zero-order valence-corrected chi connectivity index (χ0v) is 10.5. The maximum Gasteiger partial charge on any atom is 0.228 e. The average molecular weight is 273 g/mol. The van der Waals surface area contributed by atoms with Gasteiger partial charge in [0.25, 0.3) is 0 Å².